The molecule has 0 aliphatic carbocycles. The van der Waals surface area contributed by atoms with Crippen LogP contribution in [0.4, 0.5) is 5.95 Å². The van der Waals surface area contributed by atoms with Crippen molar-refractivity contribution >= 4 is 29.7 Å². The van der Waals surface area contributed by atoms with E-state index in [1.54, 1.807) is 61.8 Å². The van der Waals surface area contributed by atoms with Gasteiger partial charge < -0.3 is 30.3 Å². The van der Waals surface area contributed by atoms with Gasteiger partial charge in [0, 0.05) is 56.2 Å². The zero-order chi connectivity index (χ0) is 32.2. The van der Waals surface area contributed by atoms with Gasteiger partial charge in [-0.05, 0) is 68.0 Å². The van der Waals surface area contributed by atoms with Crippen LogP contribution in [0.1, 0.15) is 84.8 Å². The van der Waals surface area contributed by atoms with E-state index in [1.807, 2.05) is 0 Å². The summed E-state index contributed by atoms with van der Waals surface area (Å²) in [6.07, 6.45) is 9.23. The molecular weight excluding hydrogens is 576 g/mol. The van der Waals surface area contributed by atoms with Crippen molar-refractivity contribution in [2.24, 2.45) is 0 Å². The molecule has 45 heavy (non-hydrogen) atoms. The fourth-order valence-corrected chi connectivity index (χ4v) is 5.27. The number of amides is 1. The molecular formula is C34H40N4O7. The number of nitrogens with one attached hydrogen (secondary N) is 2. The number of methoxy groups -OCH3 is 1. The summed E-state index contributed by atoms with van der Waals surface area (Å²) in [7, 11) is 1.54. The van der Waals surface area contributed by atoms with Gasteiger partial charge in [0.1, 0.15) is 28.6 Å². The van der Waals surface area contributed by atoms with E-state index in [1.165, 1.54) is 13.2 Å². The molecule has 0 spiro atoms. The van der Waals surface area contributed by atoms with Crippen LogP contribution in [-0.4, -0.2) is 64.1 Å². The number of nitrogens with zero attached hydrogens (tertiary/aromatic N) is 2. The molecule has 2 heterocycles. The molecule has 1 aromatic heterocycles. The predicted octanol–water partition coefficient (Wildman–Crippen LogP) is 5.13. The number of benzene rings is 2. The third kappa shape index (κ3) is 9.28. The van der Waals surface area contributed by atoms with E-state index in [0.29, 0.717) is 62.3 Å². The highest BCUT2D eigenvalue weighted by molar-refractivity contribution is 5.98. The Balaban J connectivity index is 1.66. The van der Waals surface area contributed by atoms with Gasteiger partial charge in [0.05, 0.1) is 13.2 Å². The summed E-state index contributed by atoms with van der Waals surface area (Å²) in [6.45, 7) is 2.39. The number of esters is 1. The van der Waals surface area contributed by atoms with E-state index in [4.69, 9.17) is 9.47 Å². The summed E-state index contributed by atoms with van der Waals surface area (Å²) in [5.74, 6) is -1.43. The van der Waals surface area contributed by atoms with Crippen molar-refractivity contribution in [3.63, 3.8) is 0 Å². The molecule has 0 fully saturated rings. The summed E-state index contributed by atoms with van der Waals surface area (Å²) in [6, 6.07) is 10.0. The first-order valence-electron chi connectivity index (χ1n) is 15.2. The van der Waals surface area contributed by atoms with Crippen LogP contribution in [0.25, 0.3) is 6.08 Å². The average Bonchev–Trinajstić information content (AvgIpc) is 3.02. The Morgan fingerprint density at radius 3 is 2.56 bits per heavy atom. The lowest BCUT2D eigenvalue weighted by molar-refractivity contribution is -0.121. The second-order valence-corrected chi connectivity index (χ2v) is 10.9. The standard InChI is InChI=1S/C34H40N4O7/c1-22-8-6-11-25(39)10-5-3-4-9-24-20-28(40)31(32(42)30(24)33(43)45-22)27(23-12-14-26(44-2)15-13-23)21-29(41)35-18-19-38-34-36-16-7-17-37-34/h4,7,9,12-17,20,22,27,40,42H,3,5-6,8,10-11,18-19,21H2,1-2H3,(H,35,41)(H,36,37,38)/t22-,27?/m0/s1. The average molecular weight is 617 g/mol. The summed E-state index contributed by atoms with van der Waals surface area (Å²) >= 11 is 0. The molecule has 238 valence electrons. The molecule has 0 radical (unpaired) electrons. The molecule has 0 bridgehead atoms. The monoisotopic (exact) mass is 616 g/mol. The number of ketones is 1. The Bertz CT molecular complexity index is 1490. The first-order chi connectivity index (χ1) is 21.8. The third-order valence-corrected chi connectivity index (χ3v) is 7.60. The predicted molar refractivity (Wildman–Crippen MR) is 169 cm³/mol. The fourth-order valence-electron chi connectivity index (χ4n) is 5.27. The summed E-state index contributed by atoms with van der Waals surface area (Å²) in [5, 5.41) is 28.9. The summed E-state index contributed by atoms with van der Waals surface area (Å²) in [5.41, 5.74) is 0.844. The largest absolute Gasteiger partial charge is 0.507 e. The molecule has 11 nitrogen and oxygen atoms in total. The maximum absolute atomic E-state index is 13.5. The van der Waals surface area contributed by atoms with Crippen LogP contribution >= 0.6 is 0 Å². The Labute approximate surface area is 262 Å². The van der Waals surface area contributed by atoms with Gasteiger partial charge in [0.15, 0.2) is 0 Å². The van der Waals surface area contributed by atoms with Crippen molar-refractivity contribution in [2.45, 2.75) is 63.9 Å². The van der Waals surface area contributed by atoms with E-state index in [2.05, 4.69) is 20.6 Å². The zero-order valence-corrected chi connectivity index (χ0v) is 25.6. The van der Waals surface area contributed by atoms with Crippen molar-refractivity contribution < 1.29 is 34.1 Å². The normalized spacial score (nSPS) is 16.5. The highest BCUT2D eigenvalue weighted by Gasteiger charge is 2.31. The minimum absolute atomic E-state index is 0.0367. The number of phenolic OH excluding ortho intramolecular Hbond substituents is 2. The minimum atomic E-state index is -0.820. The van der Waals surface area contributed by atoms with Gasteiger partial charge in [-0.2, -0.15) is 0 Å². The van der Waals surface area contributed by atoms with Crippen molar-refractivity contribution in [1.82, 2.24) is 15.3 Å². The van der Waals surface area contributed by atoms with Crippen LogP contribution in [0, 0.1) is 0 Å². The zero-order valence-electron chi connectivity index (χ0n) is 25.6. The first-order valence-corrected chi connectivity index (χ1v) is 15.2. The van der Waals surface area contributed by atoms with E-state index >= 15 is 0 Å². The molecule has 1 unspecified atom stereocenters. The fraction of sp³-hybridized carbons (Fsp3) is 0.382. The van der Waals surface area contributed by atoms with Gasteiger partial charge in [0.25, 0.3) is 0 Å². The Hall–Kier alpha value is -4.93. The van der Waals surface area contributed by atoms with Crippen LogP contribution in [-0.2, 0) is 14.3 Å². The number of rotatable bonds is 9. The molecule has 0 saturated heterocycles. The van der Waals surface area contributed by atoms with Crippen molar-refractivity contribution in [3.05, 3.63) is 77.1 Å². The van der Waals surface area contributed by atoms with Gasteiger partial charge in [-0.25, -0.2) is 14.8 Å². The quantitative estimate of drug-likeness (QED) is 0.187. The van der Waals surface area contributed by atoms with Crippen LogP contribution in [0.15, 0.2) is 54.9 Å². The Morgan fingerprint density at radius 2 is 1.82 bits per heavy atom. The maximum Gasteiger partial charge on any atom is 0.342 e. The second kappa shape index (κ2) is 16.2. The second-order valence-electron chi connectivity index (χ2n) is 10.9. The number of carbonyl (C=O) groups excluding carboxylic acids is 3. The maximum atomic E-state index is 13.5. The molecule has 0 saturated carbocycles. The number of allylic oxidation sites excluding steroid dienone is 1. The topological polar surface area (TPSA) is 160 Å². The Kier molecular flexibility index (Phi) is 11.9. The van der Waals surface area contributed by atoms with Gasteiger partial charge >= 0.3 is 5.97 Å². The Morgan fingerprint density at radius 1 is 1.09 bits per heavy atom. The molecule has 4 rings (SSSR count). The first kappa shape index (κ1) is 33.0. The molecule has 3 aromatic rings. The number of phenols is 2. The van der Waals surface area contributed by atoms with Crippen molar-refractivity contribution in [1.29, 1.82) is 0 Å². The molecule has 1 amide bonds. The number of carbonyl (C=O) groups is 3. The van der Waals surface area contributed by atoms with E-state index in [9.17, 15) is 24.6 Å². The van der Waals surface area contributed by atoms with E-state index in [-0.39, 0.29) is 47.1 Å². The number of Topliss-reactive ketones (excluding diaryl/α,β-unsaturated/α-hetero) is 1. The van der Waals surface area contributed by atoms with Gasteiger partial charge in [-0.15, -0.1) is 0 Å². The number of aromatic nitrogens is 2. The lowest BCUT2D eigenvalue weighted by atomic mass is 9.84. The molecule has 2 atom stereocenters. The molecule has 4 N–H and O–H groups in total. The number of anilines is 1. The summed E-state index contributed by atoms with van der Waals surface area (Å²) < 4.78 is 11.0. The van der Waals surface area contributed by atoms with Crippen molar-refractivity contribution in [2.75, 3.05) is 25.5 Å². The van der Waals surface area contributed by atoms with Gasteiger partial charge in [0.2, 0.25) is 11.9 Å². The molecule has 1 aliphatic rings. The van der Waals surface area contributed by atoms with Crippen LogP contribution < -0.4 is 15.4 Å². The lowest BCUT2D eigenvalue weighted by Crippen LogP contribution is -2.30. The number of cyclic esters (lactones) is 1. The van der Waals surface area contributed by atoms with Gasteiger partial charge in [-0.1, -0.05) is 24.3 Å². The van der Waals surface area contributed by atoms with Gasteiger partial charge in [-0.3, -0.25) is 9.59 Å². The smallest absolute Gasteiger partial charge is 0.342 e. The van der Waals surface area contributed by atoms with Crippen LogP contribution in [0.2, 0.25) is 0 Å². The number of aromatic hydroxyl groups is 2. The lowest BCUT2D eigenvalue weighted by Gasteiger charge is -2.23. The minimum Gasteiger partial charge on any atom is -0.507 e. The van der Waals surface area contributed by atoms with Crippen LogP contribution in [0.5, 0.6) is 17.2 Å². The number of hydrogen-bond donors (Lipinski definition) is 4. The van der Waals surface area contributed by atoms with Crippen molar-refractivity contribution in [3.8, 4) is 17.2 Å². The summed E-state index contributed by atoms with van der Waals surface area (Å²) in [4.78, 5) is 47.0. The number of ether oxygens (including phenoxy) is 2. The third-order valence-electron chi connectivity index (χ3n) is 7.60. The SMILES string of the molecule is COc1ccc(C(CC(=O)NCCNc2ncccn2)c2c(O)cc3c(c2O)C(=O)O[C@@H](C)CCCC(=O)CCCC=C3)cc1. The number of fused-ring (bicyclic) bond motifs is 1. The van der Waals surface area contributed by atoms with Crippen LogP contribution in [0.3, 0.4) is 0 Å². The molecule has 11 heteroatoms. The number of hydrogen-bond acceptors (Lipinski definition) is 10. The molecule has 2 aromatic carbocycles. The molecule has 1 aliphatic heterocycles. The highest BCUT2D eigenvalue weighted by atomic mass is 16.5. The van der Waals surface area contributed by atoms with E-state index in [0.717, 1.165) is 0 Å². The van der Waals surface area contributed by atoms with E-state index < -0.39 is 23.7 Å². The highest BCUT2D eigenvalue weighted by Crippen LogP contribution is 2.44.